The van der Waals surface area contributed by atoms with Crippen LogP contribution < -0.4 is 5.32 Å². The van der Waals surface area contributed by atoms with Crippen molar-refractivity contribution in [3.8, 4) is 0 Å². The van der Waals surface area contributed by atoms with Crippen LogP contribution >= 0.6 is 0 Å². The maximum absolute atomic E-state index is 11.5. The predicted molar refractivity (Wildman–Crippen MR) is 56.5 cm³/mol. The number of unbranched alkanes of at least 4 members (excludes halogenated alkanes) is 2. The van der Waals surface area contributed by atoms with E-state index in [-0.39, 0.29) is 12.5 Å². The lowest BCUT2D eigenvalue weighted by Crippen LogP contribution is -2.24. The van der Waals surface area contributed by atoms with E-state index in [1.165, 1.54) is 0 Å². The first-order valence-electron chi connectivity index (χ1n) is 5.11. The molecule has 0 aromatic carbocycles. The Morgan fingerprint density at radius 1 is 1.53 bits per heavy atom. The summed E-state index contributed by atoms with van der Waals surface area (Å²) in [5.41, 5.74) is 0.583. The van der Waals surface area contributed by atoms with E-state index in [0.717, 1.165) is 19.3 Å². The van der Waals surface area contributed by atoms with Gasteiger partial charge in [0.25, 0.3) is 5.91 Å². The summed E-state index contributed by atoms with van der Waals surface area (Å²) in [6.45, 7) is 0.865. The number of aliphatic hydroxyl groups excluding tert-OH is 1. The highest BCUT2D eigenvalue weighted by molar-refractivity contribution is 5.93. The molecule has 2 N–H and O–H groups in total. The van der Waals surface area contributed by atoms with E-state index in [2.05, 4.69) is 10.4 Å². The van der Waals surface area contributed by atoms with Gasteiger partial charge in [-0.2, -0.15) is 5.10 Å². The second kappa shape index (κ2) is 6.19. The molecule has 1 aromatic rings. The SMILES string of the molecule is Cn1cc(C(=O)NCCCCCO)cn1. The number of aromatic nitrogens is 2. The van der Waals surface area contributed by atoms with Gasteiger partial charge in [-0.1, -0.05) is 0 Å². The number of amides is 1. The Balaban J connectivity index is 2.19. The zero-order valence-corrected chi connectivity index (χ0v) is 8.94. The van der Waals surface area contributed by atoms with Gasteiger partial charge in [-0.15, -0.1) is 0 Å². The number of aryl methyl sites for hydroxylation is 1. The molecule has 0 fully saturated rings. The smallest absolute Gasteiger partial charge is 0.254 e. The quantitative estimate of drug-likeness (QED) is 0.666. The van der Waals surface area contributed by atoms with Crippen molar-refractivity contribution in [1.29, 1.82) is 0 Å². The van der Waals surface area contributed by atoms with Crippen molar-refractivity contribution in [2.75, 3.05) is 13.2 Å². The first-order valence-corrected chi connectivity index (χ1v) is 5.11. The Morgan fingerprint density at radius 3 is 2.93 bits per heavy atom. The molecule has 0 aliphatic carbocycles. The van der Waals surface area contributed by atoms with Crippen molar-refractivity contribution in [1.82, 2.24) is 15.1 Å². The predicted octanol–water partition coefficient (Wildman–Crippen LogP) is 0.312. The third-order valence-corrected chi connectivity index (χ3v) is 2.09. The maximum atomic E-state index is 11.5. The van der Waals surface area contributed by atoms with E-state index in [0.29, 0.717) is 12.1 Å². The summed E-state index contributed by atoms with van der Waals surface area (Å²) < 4.78 is 1.60. The molecule has 1 heterocycles. The number of hydrogen-bond donors (Lipinski definition) is 2. The summed E-state index contributed by atoms with van der Waals surface area (Å²) in [6.07, 6.45) is 5.85. The molecular weight excluding hydrogens is 194 g/mol. The zero-order chi connectivity index (χ0) is 11.1. The molecule has 0 aliphatic rings. The highest BCUT2D eigenvalue weighted by Crippen LogP contribution is 1.97. The van der Waals surface area contributed by atoms with Gasteiger partial charge in [0.15, 0.2) is 0 Å². The molecule has 0 atom stereocenters. The van der Waals surface area contributed by atoms with Crippen LogP contribution in [-0.4, -0.2) is 33.9 Å². The van der Waals surface area contributed by atoms with E-state index in [1.807, 2.05) is 0 Å². The topological polar surface area (TPSA) is 67.2 Å². The summed E-state index contributed by atoms with van der Waals surface area (Å²) in [5.74, 6) is -0.0906. The van der Waals surface area contributed by atoms with E-state index in [1.54, 1.807) is 24.1 Å². The molecule has 15 heavy (non-hydrogen) atoms. The summed E-state index contributed by atoms with van der Waals surface area (Å²) in [5, 5.41) is 15.3. The fourth-order valence-corrected chi connectivity index (χ4v) is 1.26. The average molecular weight is 211 g/mol. The van der Waals surface area contributed by atoms with Crippen LogP contribution in [0.1, 0.15) is 29.6 Å². The van der Waals surface area contributed by atoms with Crippen LogP contribution in [0.5, 0.6) is 0 Å². The first-order chi connectivity index (χ1) is 7.24. The van der Waals surface area contributed by atoms with Gasteiger partial charge in [0, 0.05) is 26.4 Å². The van der Waals surface area contributed by atoms with E-state index in [4.69, 9.17) is 5.11 Å². The normalized spacial score (nSPS) is 10.3. The molecule has 0 unspecified atom stereocenters. The molecule has 5 nitrogen and oxygen atoms in total. The minimum atomic E-state index is -0.0906. The Bertz CT molecular complexity index is 309. The fraction of sp³-hybridized carbons (Fsp3) is 0.600. The Morgan fingerprint density at radius 2 is 2.33 bits per heavy atom. The van der Waals surface area contributed by atoms with Crippen molar-refractivity contribution < 1.29 is 9.90 Å². The number of carbonyl (C=O) groups excluding carboxylic acids is 1. The van der Waals surface area contributed by atoms with Crippen molar-refractivity contribution in [3.05, 3.63) is 18.0 Å². The van der Waals surface area contributed by atoms with Crippen molar-refractivity contribution in [3.63, 3.8) is 0 Å². The van der Waals surface area contributed by atoms with Gasteiger partial charge in [0.1, 0.15) is 0 Å². The number of rotatable bonds is 6. The lowest BCUT2D eigenvalue weighted by Gasteiger charge is -2.02. The van der Waals surface area contributed by atoms with Gasteiger partial charge in [-0.05, 0) is 19.3 Å². The molecule has 0 bridgehead atoms. The van der Waals surface area contributed by atoms with Crippen LogP contribution in [0, 0.1) is 0 Å². The lowest BCUT2D eigenvalue weighted by molar-refractivity contribution is 0.0953. The summed E-state index contributed by atoms with van der Waals surface area (Å²) in [6, 6.07) is 0. The van der Waals surface area contributed by atoms with Crippen LogP contribution in [-0.2, 0) is 7.05 Å². The van der Waals surface area contributed by atoms with Gasteiger partial charge in [-0.25, -0.2) is 0 Å². The molecule has 1 amide bonds. The third-order valence-electron chi connectivity index (χ3n) is 2.09. The van der Waals surface area contributed by atoms with Crippen molar-refractivity contribution in [2.24, 2.45) is 7.05 Å². The van der Waals surface area contributed by atoms with Crippen molar-refractivity contribution in [2.45, 2.75) is 19.3 Å². The van der Waals surface area contributed by atoms with Gasteiger partial charge in [0.2, 0.25) is 0 Å². The largest absolute Gasteiger partial charge is 0.396 e. The standard InChI is InChI=1S/C10H17N3O2/c1-13-8-9(7-12-13)10(15)11-5-3-2-4-6-14/h7-8,14H,2-6H2,1H3,(H,11,15). The van der Waals surface area contributed by atoms with Crippen LogP contribution in [0.2, 0.25) is 0 Å². The number of nitrogens with one attached hydrogen (secondary N) is 1. The lowest BCUT2D eigenvalue weighted by atomic mass is 10.2. The minimum Gasteiger partial charge on any atom is -0.396 e. The fourth-order valence-electron chi connectivity index (χ4n) is 1.26. The Labute approximate surface area is 89.1 Å². The van der Waals surface area contributed by atoms with Crippen LogP contribution in [0.4, 0.5) is 0 Å². The second-order valence-corrected chi connectivity index (χ2v) is 3.44. The van der Waals surface area contributed by atoms with Crippen LogP contribution in [0.3, 0.4) is 0 Å². The average Bonchev–Trinajstić information content (AvgIpc) is 2.64. The molecule has 1 aromatic heterocycles. The minimum absolute atomic E-state index is 0.0906. The van der Waals surface area contributed by atoms with Gasteiger partial charge in [0.05, 0.1) is 11.8 Å². The Kier molecular flexibility index (Phi) is 4.83. The number of aliphatic hydroxyl groups is 1. The maximum Gasteiger partial charge on any atom is 0.254 e. The summed E-state index contributed by atoms with van der Waals surface area (Å²) >= 11 is 0. The van der Waals surface area contributed by atoms with Crippen LogP contribution in [0.25, 0.3) is 0 Å². The molecule has 1 rings (SSSR count). The second-order valence-electron chi connectivity index (χ2n) is 3.44. The molecule has 0 radical (unpaired) electrons. The van der Waals surface area contributed by atoms with E-state index in [9.17, 15) is 4.79 Å². The molecule has 0 saturated heterocycles. The van der Waals surface area contributed by atoms with Gasteiger partial charge in [-0.3, -0.25) is 9.48 Å². The first kappa shape index (κ1) is 11.7. The Hall–Kier alpha value is -1.36. The third kappa shape index (κ3) is 4.12. The molecule has 0 aliphatic heterocycles. The molecular formula is C10H17N3O2. The van der Waals surface area contributed by atoms with Gasteiger partial charge < -0.3 is 10.4 Å². The van der Waals surface area contributed by atoms with Crippen molar-refractivity contribution >= 4 is 5.91 Å². The summed E-state index contributed by atoms with van der Waals surface area (Å²) in [7, 11) is 1.78. The molecule has 0 spiro atoms. The number of hydrogen-bond acceptors (Lipinski definition) is 3. The van der Waals surface area contributed by atoms with E-state index < -0.39 is 0 Å². The highest BCUT2D eigenvalue weighted by Gasteiger charge is 2.05. The van der Waals surface area contributed by atoms with Gasteiger partial charge >= 0.3 is 0 Å². The summed E-state index contributed by atoms with van der Waals surface area (Å²) in [4.78, 5) is 11.5. The van der Waals surface area contributed by atoms with E-state index >= 15 is 0 Å². The molecule has 5 heteroatoms. The monoisotopic (exact) mass is 211 g/mol. The number of nitrogens with zero attached hydrogens (tertiary/aromatic N) is 2. The van der Waals surface area contributed by atoms with Crippen LogP contribution in [0.15, 0.2) is 12.4 Å². The molecule has 0 saturated carbocycles. The highest BCUT2D eigenvalue weighted by atomic mass is 16.2. The zero-order valence-electron chi connectivity index (χ0n) is 8.94. The molecule has 84 valence electrons. The number of carbonyl (C=O) groups is 1.